The molecule has 0 fully saturated rings. The van der Waals surface area contributed by atoms with E-state index in [-0.39, 0.29) is 5.91 Å². The first-order valence-electron chi connectivity index (χ1n) is 4.82. The van der Waals surface area contributed by atoms with Crippen LogP contribution in [-0.4, -0.2) is 19.2 Å². The molecule has 1 rings (SSSR count). The fourth-order valence-corrected chi connectivity index (χ4v) is 1.58. The molecule has 4 nitrogen and oxygen atoms in total. The van der Waals surface area contributed by atoms with Gasteiger partial charge in [0, 0.05) is 6.42 Å². The maximum Gasteiger partial charge on any atom is 0.239 e. The second-order valence-corrected chi connectivity index (χ2v) is 3.90. The summed E-state index contributed by atoms with van der Waals surface area (Å²) in [6.07, 6.45) is 2.00. The molecule has 0 aliphatic rings. The average molecular weight is 285 g/mol. The summed E-state index contributed by atoms with van der Waals surface area (Å²) >= 11 is 3.37. The Kier molecular flexibility index (Phi) is 4.98. The van der Waals surface area contributed by atoms with E-state index < -0.39 is 0 Å². The molecule has 1 N–H and O–H groups in total. The van der Waals surface area contributed by atoms with Gasteiger partial charge < -0.3 is 4.74 Å². The molecule has 0 saturated heterocycles. The number of ether oxygens (including phenoxy) is 1. The second-order valence-electron chi connectivity index (χ2n) is 3.04. The van der Waals surface area contributed by atoms with Crippen molar-refractivity contribution in [1.29, 1.82) is 0 Å². The molecule has 0 bridgehead atoms. The fraction of sp³-hybridized carbons (Fsp3) is 0.273. The predicted molar refractivity (Wildman–Crippen MR) is 66.7 cm³/mol. The van der Waals surface area contributed by atoms with Gasteiger partial charge in [0.25, 0.3) is 0 Å². The van der Waals surface area contributed by atoms with Crippen molar-refractivity contribution in [3.8, 4) is 5.75 Å². The molecule has 1 amide bonds. The number of hydrogen-bond donors (Lipinski definition) is 1. The lowest BCUT2D eigenvalue weighted by Gasteiger charge is -2.03. The molecular weight excluding hydrogens is 272 g/mol. The minimum Gasteiger partial charge on any atom is -0.496 e. The number of benzene rings is 1. The molecule has 16 heavy (non-hydrogen) atoms. The quantitative estimate of drug-likeness (QED) is 0.681. The van der Waals surface area contributed by atoms with Gasteiger partial charge >= 0.3 is 0 Å². The standard InChI is InChI=1S/C11H13BrN2O2/c1-3-11(15)14-13-7-8-4-5-10(16-2)9(12)6-8/h4-7H,3H2,1-2H3,(H,14,15)/b13-7+. The van der Waals surface area contributed by atoms with Gasteiger partial charge in [-0.15, -0.1) is 0 Å². The van der Waals surface area contributed by atoms with Gasteiger partial charge in [0.15, 0.2) is 0 Å². The molecule has 5 heteroatoms. The predicted octanol–water partition coefficient (Wildman–Crippen LogP) is 2.32. The highest BCUT2D eigenvalue weighted by atomic mass is 79.9. The molecule has 86 valence electrons. The Morgan fingerprint density at radius 1 is 1.62 bits per heavy atom. The van der Waals surface area contributed by atoms with E-state index in [1.165, 1.54) is 0 Å². The first-order valence-corrected chi connectivity index (χ1v) is 5.62. The van der Waals surface area contributed by atoms with E-state index in [9.17, 15) is 4.79 Å². The summed E-state index contributed by atoms with van der Waals surface area (Å²) in [6.45, 7) is 1.77. The Balaban J connectivity index is 2.68. The van der Waals surface area contributed by atoms with E-state index in [0.717, 1.165) is 15.8 Å². The highest BCUT2D eigenvalue weighted by molar-refractivity contribution is 9.10. The van der Waals surface area contributed by atoms with Crippen LogP contribution in [0.3, 0.4) is 0 Å². The van der Waals surface area contributed by atoms with Crippen molar-refractivity contribution in [2.75, 3.05) is 7.11 Å². The zero-order valence-corrected chi connectivity index (χ0v) is 10.7. The van der Waals surface area contributed by atoms with E-state index in [0.29, 0.717) is 6.42 Å². The van der Waals surface area contributed by atoms with Crippen LogP contribution in [0.1, 0.15) is 18.9 Å². The van der Waals surface area contributed by atoms with Gasteiger partial charge in [0.05, 0.1) is 17.8 Å². The largest absolute Gasteiger partial charge is 0.496 e. The van der Waals surface area contributed by atoms with Crippen molar-refractivity contribution >= 4 is 28.1 Å². The van der Waals surface area contributed by atoms with E-state index in [2.05, 4.69) is 26.5 Å². The monoisotopic (exact) mass is 284 g/mol. The van der Waals surface area contributed by atoms with Crippen molar-refractivity contribution in [3.63, 3.8) is 0 Å². The van der Waals surface area contributed by atoms with Crippen LogP contribution in [0.5, 0.6) is 5.75 Å². The van der Waals surface area contributed by atoms with Gasteiger partial charge in [-0.2, -0.15) is 5.10 Å². The number of nitrogens with one attached hydrogen (secondary N) is 1. The van der Waals surface area contributed by atoms with Crippen LogP contribution in [-0.2, 0) is 4.79 Å². The number of carbonyl (C=O) groups excluding carboxylic acids is 1. The van der Waals surface area contributed by atoms with Crippen molar-refractivity contribution in [2.24, 2.45) is 5.10 Å². The third-order valence-electron chi connectivity index (χ3n) is 1.90. The van der Waals surface area contributed by atoms with Gasteiger partial charge in [-0.25, -0.2) is 5.43 Å². The SMILES string of the molecule is CCC(=O)N/N=C/c1ccc(OC)c(Br)c1. The Morgan fingerprint density at radius 3 is 2.94 bits per heavy atom. The number of hydrazone groups is 1. The summed E-state index contributed by atoms with van der Waals surface area (Å²) in [5.74, 6) is 0.651. The van der Waals surface area contributed by atoms with E-state index in [1.807, 2.05) is 18.2 Å². The lowest BCUT2D eigenvalue weighted by molar-refractivity contribution is -0.120. The molecule has 0 aliphatic heterocycles. The van der Waals surface area contributed by atoms with Crippen molar-refractivity contribution in [3.05, 3.63) is 28.2 Å². The number of rotatable bonds is 4. The lowest BCUT2D eigenvalue weighted by atomic mass is 10.2. The van der Waals surface area contributed by atoms with E-state index >= 15 is 0 Å². The maximum atomic E-state index is 10.9. The second kappa shape index (κ2) is 6.27. The van der Waals surface area contributed by atoms with Crippen molar-refractivity contribution in [2.45, 2.75) is 13.3 Å². The van der Waals surface area contributed by atoms with Gasteiger partial charge in [-0.05, 0) is 39.7 Å². The third kappa shape index (κ3) is 3.66. The normalized spacial score (nSPS) is 10.4. The van der Waals surface area contributed by atoms with Crippen LogP contribution in [0.25, 0.3) is 0 Å². The van der Waals surface area contributed by atoms with Gasteiger partial charge in [0.2, 0.25) is 5.91 Å². The van der Waals surface area contributed by atoms with Crippen molar-refractivity contribution in [1.82, 2.24) is 5.43 Å². The van der Waals surface area contributed by atoms with E-state index in [4.69, 9.17) is 4.74 Å². The van der Waals surface area contributed by atoms with Crippen LogP contribution < -0.4 is 10.2 Å². The number of halogens is 1. The minimum absolute atomic E-state index is 0.108. The summed E-state index contributed by atoms with van der Waals surface area (Å²) < 4.78 is 5.95. The zero-order chi connectivity index (χ0) is 12.0. The maximum absolute atomic E-state index is 10.9. The Hall–Kier alpha value is -1.36. The van der Waals surface area contributed by atoms with Gasteiger partial charge in [-0.3, -0.25) is 4.79 Å². The zero-order valence-electron chi connectivity index (χ0n) is 9.16. The Bertz CT molecular complexity index is 405. The number of amides is 1. The van der Waals surface area contributed by atoms with Gasteiger partial charge in [0.1, 0.15) is 5.75 Å². The molecule has 1 aromatic rings. The van der Waals surface area contributed by atoms with Crippen LogP contribution in [0.15, 0.2) is 27.8 Å². The molecule has 0 saturated carbocycles. The highest BCUT2D eigenvalue weighted by Crippen LogP contribution is 2.24. The minimum atomic E-state index is -0.108. The van der Waals surface area contributed by atoms with E-state index in [1.54, 1.807) is 20.2 Å². The molecule has 0 radical (unpaired) electrons. The van der Waals surface area contributed by atoms with Crippen LogP contribution in [0.2, 0.25) is 0 Å². The first-order chi connectivity index (χ1) is 7.67. The number of carbonyl (C=O) groups is 1. The summed E-state index contributed by atoms with van der Waals surface area (Å²) in [5, 5.41) is 3.82. The molecule has 0 aromatic heterocycles. The topological polar surface area (TPSA) is 50.7 Å². The first kappa shape index (κ1) is 12.7. The molecular formula is C11H13BrN2O2. The summed E-state index contributed by atoms with van der Waals surface area (Å²) in [7, 11) is 1.61. The average Bonchev–Trinajstić information content (AvgIpc) is 2.29. The Labute approximate surface area is 103 Å². The fourth-order valence-electron chi connectivity index (χ4n) is 1.02. The number of nitrogens with zero attached hydrogens (tertiary/aromatic N) is 1. The molecule has 0 unspecified atom stereocenters. The molecule has 0 heterocycles. The summed E-state index contributed by atoms with van der Waals surface area (Å²) in [6, 6.07) is 5.54. The molecule has 0 spiro atoms. The summed E-state index contributed by atoms with van der Waals surface area (Å²) in [4.78, 5) is 10.9. The van der Waals surface area contributed by atoms with Crippen LogP contribution in [0.4, 0.5) is 0 Å². The molecule has 1 aromatic carbocycles. The molecule has 0 aliphatic carbocycles. The highest BCUT2D eigenvalue weighted by Gasteiger charge is 1.99. The van der Waals surface area contributed by atoms with Gasteiger partial charge in [-0.1, -0.05) is 6.92 Å². The smallest absolute Gasteiger partial charge is 0.239 e. The van der Waals surface area contributed by atoms with Crippen LogP contribution >= 0.6 is 15.9 Å². The number of methoxy groups -OCH3 is 1. The molecule has 0 atom stereocenters. The summed E-state index contributed by atoms with van der Waals surface area (Å²) in [5.41, 5.74) is 3.29. The Morgan fingerprint density at radius 2 is 2.38 bits per heavy atom. The van der Waals surface area contributed by atoms with Crippen molar-refractivity contribution < 1.29 is 9.53 Å². The third-order valence-corrected chi connectivity index (χ3v) is 2.52. The number of hydrogen-bond acceptors (Lipinski definition) is 3. The van der Waals surface area contributed by atoms with Crippen LogP contribution in [0, 0.1) is 0 Å². The lowest BCUT2D eigenvalue weighted by Crippen LogP contribution is -2.15.